The number of rotatable bonds is 1. The Labute approximate surface area is 239 Å². The summed E-state index contributed by atoms with van der Waals surface area (Å²) in [5.74, 6) is 0.380. The van der Waals surface area contributed by atoms with Gasteiger partial charge in [0.25, 0.3) is 0 Å². The van der Waals surface area contributed by atoms with Crippen molar-refractivity contribution >= 4 is 89.0 Å². The predicted molar refractivity (Wildman–Crippen MR) is 173 cm³/mol. The molecule has 3 nitrogen and oxygen atoms in total. The van der Waals surface area contributed by atoms with Crippen LogP contribution in [0, 0.1) is 0 Å². The first-order valence-electron chi connectivity index (χ1n) is 13.8. The molecule has 0 saturated carbocycles. The van der Waals surface area contributed by atoms with Crippen molar-refractivity contribution in [3.63, 3.8) is 0 Å². The number of thiophene rings is 1. The van der Waals surface area contributed by atoms with Crippen LogP contribution in [0.1, 0.15) is 11.4 Å². The summed E-state index contributed by atoms with van der Waals surface area (Å²) in [5.41, 5.74) is 10.5. The van der Waals surface area contributed by atoms with Crippen molar-refractivity contribution in [1.29, 1.82) is 0 Å². The minimum atomic E-state index is 0.292. The van der Waals surface area contributed by atoms with Crippen LogP contribution in [0.3, 0.4) is 0 Å². The SMILES string of the molecule is c1ccc2c(c1)SC1Nc3cc(-n4c5ccccc5c5ccccc54)cc4c3B(c3c(sc5ccccc35)N4)C21. The monoisotopic (exact) mass is 547 g/mol. The van der Waals surface area contributed by atoms with E-state index in [-0.39, 0.29) is 0 Å². The molecular formula is C34H22BN3S2. The molecule has 188 valence electrons. The zero-order chi connectivity index (χ0) is 25.9. The van der Waals surface area contributed by atoms with Crippen LogP contribution in [0.15, 0.2) is 114 Å². The van der Waals surface area contributed by atoms with Gasteiger partial charge in [0.2, 0.25) is 6.71 Å². The van der Waals surface area contributed by atoms with Gasteiger partial charge in [0.05, 0.1) is 27.1 Å². The minimum Gasteiger partial charge on any atom is -0.373 e. The molecule has 2 atom stereocenters. The highest BCUT2D eigenvalue weighted by molar-refractivity contribution is 8.00. The standard InChI is InChI=1S/C34H22BN3S2/c1-5-13-26-20(9-1)21-10-2-6-14-27(21)38(26)19-17-24-32-25(18-19)37-34-31(23-12-4-8-16-29(23)40-34)35(32)30-22-11-3-7-15-28(22)39-33(30)36-24/h1-18,30,33,36-37H. The fourth-order valence-corrected chi connectivity index (χ4v) is 10.1. The van der Waals surface area contributed by atoms with E-state index in [1.165, 1.54) is 75.3 Å². The average molecular weight is 548 g/mol. The van der Waals surface area contributed by atoms with Crippen LogP contribution in [-0.2, 0) is 0 Å². The van der Waals surface area contributed by atoms with Crippen LogP contribution in [0.25, 0.3) is 37.6 Å². The van der Waals surface area contributed by atoms with E-state index in [4.69, 9.17) is 0 Å². The molecule has 0 radical (unpaired) electrons. The lowest BCUT2D eigenvalue weighted by atomic mass is 9.30. The number of para-hydroxylation sites is 2. The molecule has 2 unspecified atom stereocenters. The predicted octanol–water partition coefficient (Wildman–Crippen LogP) is 7.84. The number of anilines is 3. The number of aromatic nitrogens is 1. The Balaban J connectivity index is 1.27. The van der Waals surface area contributed by atoms with Crippen molar-refractivity contribution in [2.75, 3.05) is 10.6 Å². The third kappa shape index (κ3) is 2.73. The number of fused-ring (bicyclic) bond motifs is 11. The third-order valence-corrected chi connectivity index (χ3v) is 11.4. The number of nitrogens with one attached hydrogen (secondary N) is 2. The van der Waals surface area contributed by atoms with Crippen LogP contribution >= 0.6 is 23.1 Å². The fourth-order valence-electron chi connectivity index (χ4n) is 7.48. The second kappa shape index (κ2) is 7.75. The summed E-state index contributed by atoms with van der Waals surface area (Å²) in [4.78, 5) is 1.40. The number of benzene rings is 5. The van der Waals surface area contributed by atoms with Gasteiger partial charge in [-0.1, -0.05) is 72.8 Å². The van der Waals surface area contributed by atoms with Gasteiger partial charge in [-0.25, -0.2) is 0 Å². The number of thioether (sulfide) groups is 1. The molecule has 0 bridgehead atoms. The molecule has 0 spiro atoms. The van der Waals surface area contributed by atoms with Gasteiger partial charge < -0.3 is 15.2 Å². The van der Waals surface area contributed by atoms with Crippen molar-refractivity contribution in [2.24, 2.45) is 0 Å². The topological polar surface area (TPSA) is 29.0 Å². The lowest BCUT2D eigenvalue weighted by Crippen LogP contribution is -2.58. The van der Waals surface area contributed by atoms with Crippen LogP contribution in [0.2, 0.25) is 0 Å². The zero-order valence-corrected chi connectivity index (χ0v) is 23.0. The van der Waals surface area contributed by atoms with Gasteiger partial charge >= 0.3 is 0 Å². The molecule has 0 aliphatic carbocycles. The minimum absolute atomic E-state index is 0.292. The van der Waals surface area contributed by atoms with Gasteiger partial charge in [-0.2, -0.15) is 0 Å². The van der Waals surface area contributed by atoms with E-state index in [1.807, 2.05) is 23.1 Å². The van der Waals surface area contributed by atoms with E-state index in [0.29, 0.717) is 17.9 Å². The first kappa shape index (κ1) is 21.7. The third-order valence-electron chi connectivity index (χ3n) is 9.02. The Bertz CT molecular complexity index is 2140. The van der Waals surface area contributed by atoms with Gasteiger partial charge in [-0.15, -0.1) is 23.1 Å². The van der Waals surface area contributed by atoms with Crippen LogP contribution in [0.4, 0.5) is 16.4 Å². The second-order valence-electron chi connectivity index (χ2n) is 11.0. The molecule has 3 aliphatic heterocycles. The lowest BCUT2D eigenvalue weighted by molar-refractivity contribution is 0.904. The molecule has 0 saturated heterocycles. The van der Waals surface area contributed by atoms with Crippen LogP contribution < -0.4 is 21.6 Å². The summed E-state index contributed by atoms with van der Waals surface area (Å²) in [6.07, 6.45) is 0. The van der Waals surface area contributed by atoms with E-state index >= 15 is 0 Å². The van der Waals surface area contributed by atoms with Crippen LogP contribution in [-0.4, -0.2) is 16.7 Å². The summed E-state index contributed by atoms with van der Waals surface area (Å²) in [5, 5.41) is 13.5. The molecule has 5 aromatic carbocycles. The lowest BCUT2D eigenvalue weighted by Gasteiger charge is -2.39. The maximum atomic E-state index is 4.03. The molecule has 10 rings (SSSR count). The Kier molecular flexibility index (Phi) is 4.20. The highest BCUT2D eigenvalue weighted by Gasteiger charge is 2.50. The second-order valence-corrected chi connectivity index (χ2v) is 13.2. The maximum Gasteiger partial charge on any atom is 0.229 e. The maximum absolute atomic E-state index is 4.03. The molecule has 0 fully saturated rings. The molecule has 2 N–H and O–H groups in total. The van der Waals surface area contributed by atoms with Crippen molar-refractivity contribution in [1.82, 2.24) is 4.57 Å². The van der Waals surface area contributed by atoms with Crippen molar-refractivity contribution in [3.8, 4) is 5.69 Å². The van der Waals surface area contributed by atoms with E-state index in [0.717, 1.165) is 0 Å². The number of nitrogens with zero attached hydrogens (tertiary/aromatic N) is 1. The smallest absolute Gasteiger partial charge is 0.229 e. The van der Waals surface area contributed by atoms with Gasteiger partial charge in [0, 0.05) is 37.6 Å². The fraction of sp³-hybridized carbons (Fsp3) is 0.0588. The normalized spacial score (nSPS) is 18.2. The van der Waals surface area contributed by atoms with Gasteiger partial charge in [-0.3, -0.25) is 0 Å². The highest BCUT2D eigenvalue weighted by Crippen LogP contribution is 2.51. The van der Waals surface area contributed by atoms with Gasteiger partial charge in [-0.05, 0) is 58.3 Å². The summed E-state index contributed by atoms with van der Waals surface area (Å²) >= 11 is 3.88. The molecule has 0 amide bonds. The molecule has 3 aliphatic rings. The summed E-state index contributed by atoms with van der Waals surface area (Å²) in [7, 11) is 0. The Morgan fingerprint density at radius 1 is 0.675 bits per heavy atom. The van der Waals surface area contributed by atoms with Crippen molar-refractivity contribution < 1.29 is 0 Å². The number of hydrogen-bond donors (Lipinski definition) is 2. The summed E-state index contributed by atoms with van der Waals surface area (Å²) in [6.45, 7) is 0.298. The molecule has 7 aromatic rings. The molecule has 40 heavy (non-hydrogen) atoms. The highest BCUT2D eigenvalue weighted by atomic mass is 32.2. The Hall–Kier alpha value is -4.13. The first-order chi connectivity index (χ1) is 19.8. The Morgan fingerprint density at radius 2 is 1.35 bits per heavy atom. The summed E-state index contributed by atoms with van der Waals surface area (Å²) < 4.78 is 3.79. The largest absolute Gasteiger partial charge is 0.373 e. The zero-order valence-electron chi connectivity index (χ0n) is 21.4. The first-order valence-corrected chi connectivity index (χ1v) is 15.5. The molecule has 2 aromatic heterocycles. The van der Waals surface area contributed by atoms with Crippen molar-refractivity contribution in [2.45, 2.75) is 16.1 Å². The molecular weight excluding hydrogens is 525 g/mol. The Morgan fingerprint density at radius 3 is 2.17 bits per heavy atom. The van der Waals surface area contributed by atoms with E-state index in [1.54, 1.807) is 0 Å². The van der Waals surface area contributed by atoms with Crippen LogP contribution in [0.5, 0.6) is 0 Å². The van der Waals surface area contributed by atoms with Gasteiger partial charge in [0.1, 0.15) is 0 Å². The summed E-state index contributed by atoms with van der Waals surface area (Å²) in [6, 6.07) is 40.3. The molecule has 5 heterocycles. The van der Waals surface area contributed by atoms with E-state index < -0.39 is 0 Å². The quantitative estimate of drug-likeness (QED) is 0.205. The van der Waals surface area contributed by atoms with E-state index in [9.17, 15) is 0 Å². The number of hydrogen-bond acceptors (Lipinski definition) is 4. The molecule has 6 heteroatoms. The van der Waals surface area contributed by atoms with Gasteiger partial charge in [0.15, 0.2) is 0 Å². The van der Waals surface area contributed by atoms with E-state index in [2.05, 4.69) is 124 Å². The van der Waals surface area contributed by atoms with Crippen molar-refractivity contribution in [3.05, 3.63) is 115 Å². The average Bonchev–Trinajstić information content (AvgIpc) is 3.66.